The third kappa shape index (κ3) is 2.54. The molecule has 5 heteroatoms. The van der Waals surface area contributed by atoms with Gasteiger partial charge in [0.2, 0.25) is 0 Å². The fourth-order valence-corrected chi connectivity index (χ4v) is 2.59. The lowest BCUT2D eigenvalue weighted by atomic mass is 10.1. The van der Waals surface area contributed by atoms with Crippen LogP contribution in [0.4, 0.5) is 5.69 Å². The van der Waals surface area contributed by atoms with Crippen molar-refractivity contribution in [3.05, 3.63) is 40.7 Å². The van der Waals surface area contributed by atoms with Crippen LogP contribution < -0.4 is 10.1 Å². The molecule has 4 nitrogen and oxygen atoms in total. The van der Waals surface area contributed by atoms with Crippen molar-refractivity contribution in [3.63, 3.8) is 0 Å². The summed E-state index contributed by atoms with van der Waals surface area (Å²) in [7, 11) is 1.92. The zero-order valence-electron chi connectivity index (χ0n) is 11.0. The molecule has 1 N–H and O–H groups in total. The summed E-state index contributed by atoms with van der Waals surface area (Å²) in [5.74, 6) is 0.944. The van der Waals surface area contributed by atoms with Crippen molar-refractivity contribution in [1.82, 2.24) is 9.78 Å². The van der Waals surface area contributed by atoms with Crippen LogP contribution in [0.15, 0.2) is 24.4 Å². The summed E-state index contributed by atoms with van der Waals surface area (Å²) >= 11 is 5.99. The third-order valence-corrected chi connectivity index (χ3v) is 3.53. The molecular formula is C14H16ClN3O. The Kier molecular flexibility index (Phi) is 3.11. The van der Waals surface area contributed by atoms with Gasteiger partial charge < -0.3 is 10.1 Å². The van der Waals surface area contributed by atoms with E-state index in [4.69, 9.17) is 16.3 Å². The maximum atomic E-state index is 5.99. The molecule has 0 saturated heterocycles. The van der Waals surface area contributed by atoms with E-state index in [9.17, 15) is 0 Å². The number of benzene rings is 1. The van der Waals surface area contributed by atoms with Gasteiger partial charge in [-0.2, -0.15) is 5.10 Å². The molecule has 0 amide bonds. The topological polar surface area (TPSA) is 39.1 Å². The summed E-state index contributed by atoms with van der Waals surface area (Å²) < 4.78 is 7.69. The van der Waals surface area contributed by atoms with E-state index in [2.05, 4.69) is 10.4 Å². The number of anilines is 1. The van der Waals surface area contributed by atoms with Crippen LogP contribution in [0.1, 0.15) is 11.3 Å². The van der Waals surface area contributed by atoms with E-state index in [0.29, 0.717) is 0 Å². The maximum Gasteiger partial charge on any atom is 0.123 e. The molecule has 1 aliphatic heterocycles. The lowest BCUT2D eigenvalue weighted by Crippen LogP contribution is -2.24. The monoisotopic (exact) mass is 277 g/mol. The number of fused-ring (bicyclic) bond motifs is 1. The number of hydrogen-bond acceptors (Lipinski definition) is 3. The fourth-order valence-electron chi connectivity index (χ4n) is 2.40. The Labute approximate surface area is 117 Å². The predicted molar refractivity (Wildman–Crippen MR) is 76.0 cm³/mol. The number of hydrogen-bond donors (Lipinski definition) is 1. The van der Waals surface area contributed by atoms with Gasteiger partial charge in [0.15, 0.2) is 0 Å². The highest BCUT2D eigenvalue weighted by Crippen LogP contribution is 2.31. The van der Waals surface area contributed by atoms with Gasteiger partial charge in [0.05, 0.1) is 17.9 Å². The minimum absolute atomic E-state index is 0.146. The van der Waals surface area contributed by atoms with Gasteiger partial charge in [-0.3, -0.25) is 4.68 Å². The van der Waals surface area contributed by atoms with Gasteiger partial charge in [0.1, 0.15) is 11.9 Å². The van der Waals surface area contributed by atoms with Gasteiger partial charge in [-0.25, -0.2) is 0 Å². The molecule has 2 heterocycles. The van der Waals surface area contributed by atoms with Gasteiger partial charge >= 0.3 is 0 Å². The van der Waals surface area contributed by atoms with Crippen molar-refractivity contribution < 1.29 is 4.74 Å². The SMILES string of the molecule is Cc1nn(C)cc1NCC1Cc2cc(Cl)ccc2O1. The van der Waals surface area contributed by atoms with E-state index in [1.165, 1.54) is 5.56 Å². The molecule has 1 unspecified atom stereocenters. The minimum Gasteiger partial charge on any atom is -0.488 e. The van der Waals surface area contributed by atoms with E-state index in [0.717, 1.165) is 35.1 Å². The van der Waals surface area contributed by atoms with Gasteiger partial charge in [0, 0.05) is 24.7 Å². The highest BCUT2D eigenvalue weighted by atomic mass is 35.5. The Balaban J connectivity index is 1.63. The first-order valence-electron chi connectivity index (χ1n) is 6.31. The fraction of sp³-hybridized carbons (Fsp3) is 0.357. The van der Waals surface area contributed by atoms with Gasteiger partial charge in [0.25, 0.3) is 0 Å². The molecule has 0 saturated carbocycles. The number of nitrogens with one attached hydrogen (secondary N) is 1. The maximum absolute atomic E-state index is 5.99. The number of rotatable bonds is 3. The highest BCUT2D eigenvalue weighted by Gasteiger charge is 2.23. The van der Waals surface area contributed by atoms with Crippen LogP contribution >= 0.6 is 11.6 Å². The Bertz CT molecular complexity index is 609. The van der Waals surface area contributed by atoms with Crippen molar-refractivity contribution in [1.29, 1.82) is 0 Å². The zero-order chi connectivity index (χ0) is 13.4. The van der Waals surface area contributed by atoms with E-state index in [1.807, 2.05) is 43.0 Å². The molecule has 1 atom stereocenters. The summed E-state index contributed by atoms with van der Waals surface area (Å²) in [6.45, 7) is 2.76. The molecule has 1 aliphatic rings. The van der Waals surface area contributed by atoms with Crippen LogP contribution in [-0.2, 0) is 13.5 Å². The smallest absolute Gasteiger partial charge is 0.123 e. The number of ether oxygens (including phenoxy) is 1. The quantitative estimate of drug-likeness (QED) is 0.938. The van der Waals surface area contributed by atoms with Crippen LogP contribution in [0.3, 0.4) is 0 Å². The average Bonchev–Trinajstić information content (AvgIpc) is 2.89. The van der Waals surface area contributed by atoms with Crippen molar-refractivity contribution in [3.8, 4) is 5.75 Å². The first-order chi connectivity index (χ1) is 9.11. The van der Waals surface area contributed by atoms with E-state index in [-0.39, 0.29) is 6.10 Å². The molecule has 0 radical (unpaired) electrons. The van der Waals surface area contributed by atoms with Crippen LogP contribution in [0, 0.1) is 6.92 Å². The first-order valence-corrected chi connectivity index (χ1v) is 6.69. The lowest BCUT2D eigenvalue weighted by molar-refractivity contribution is 0.246. The zero-order valence-corrected chi connectivity index (χ0v) is 11.7. The van der Waals surface area contributed by atoms with Crippen LogP contribution in [-0.4, -0.2) is 22.4 Å². The minimum atomic E-state index is 0.146. The van der Waals surface area contributed by atoms with Gasteiger partial charge in [-0.1, -0.05) is 11.6 Å². The molecular weight excluding hydrogens is 262 g/mol. The summed E-state index contributed by atoms with van der Waals surface area (Å²) in [5.41, 5.74) is 3.24. The Morgan fingerprint density at radius 3 is 3.11 bits per heavy atom. The lowest BCUT2D eigenvalue weighted by Gasteiger charge is -2.12. The standard InChI is InChI=1S/C14H16ClN3O/c1-9-13(8-18(2)17-9)16-7-12-6-10-5-11(15)3-4-14(10)19-12/h3-5,8,12,16H,6-7H2,1-2H3. The average molecular weight is 278 g/mol. The second-order valence-electron chi connectivity index (χ2n) is 4.88. The van der Waals surface area contributed by atoms with Crippen molar-refractivity contribution >= 4 is 17.3 Å². The van der Waals surface area contributed by atoms with Crippen LogP contribution in [0.2, 0.25) is 5.02 Å². The predicted octanol–water partition coefficient (Wildman–Crippen LogP) is 2.80. The van der Waals surface area contributed by atoms with Crippen LogP contribution in [0.25, 0.3) is 0 Å². The number of nitrogens with zero attached hydrogens (tertiary/aromatic N) is 2. The van der Waals surface area contributed by atoms with E-state index < -0.39 is 0 Å². The van der Waals surface area contributed by atoms with Crippen molar-refractivity contribution in [2.75, 3.05) is 11.9 Å². The Morgan fingerprint density at radius 2 is 2.37 bits per heavy atom. The number of halogens is 1. The largest absolute Gasteiger partial charge is 0.488 e. The molecule has 0 fully saturated rings. The molecule has 1 aromatic heterocycles. The Hall–Kier alpha value is -1.68. The molecule has 2 aromatic rings. The normalized spacial score (nSPS) is 17.1. The highest BCUT2D eigenvalue weighted by molar-refractivity contribution is 6.30. The molecule has 3 rings (SSSR count). The van der Waals surface area contributed by atoms with E-state index in [1.54, 1.807) is 0 Å². The Morgan fingerprint density at radius 1 is 1.53 bits per heavy atom. The summed E-state index contributed by atoms with van der Waals surface area (Å²) in [6.07, 6.45) is 3.02. The molecule has 19 heavy (non-hydrogen) atoms. The molecule has 0 spiro atoms. The molecule has 100 valence electrons. The second kappa shape index (κ2) is 4.78. The van der Waals surface area contributed by atoms with E-state index >= 15 is 0 Å². The molecule has 0 bridgehead atoms. The molecule has 1 aromatic carbocycles. The summed E-state index contributed by atoms with van der Waals surface area (Å²) in [5, 5.41) is 8.45. The summed E-state index contributed by atoms with van der Waals surface area (Å²) in [6, 6.07) is 5.78. The van der Waals surface area contributed by atoms with Crippen molar-refractivity contribution in [2.45, 2.75) is 19.4 Å². The number of aromatic nitrogens is 2. The molecule has 0 aliphatic carbocycles. The summed E-state index contributed by atoms with van der Waals surface area (Å²) in [4.78, 5) is 0. The van der Waals surface area contributed by atoms with Crippen molar-refractivity contribution in [2.24, 2.45) is 7.05 Å². The van der Waals surface area contributed by atoms with Crippen LogP contribution in [0.5, 0.6) is 5.75 Å². The van der Waals surface area contributed by atoms with Gasteiger partial charge in [-0.15, -0.1) is 0 Å². The first kappa shape index (κ1) is 12.4. The third-order valence-electron chi connectivity index (χ3n) is 3.30. The van der Waals surface area contributed by atoms with Gasteiger partial charge in [-0.05, 0) is 30.7 Å². The number of aryl methyl sites for hydroxylation is 2. The second-order valence-corrected chi connectivity index (χ2v) is 5.32.